The topological polar surface area (TPSA) is 147 Å². The lowest BCUT2D eigenvalue weighted by Gasteiger charge is -2.23. The number of sulfonamides is 1. The van der Waals surface area contributed by atoms with Gasteiger partial charge in [-0.25, -0.2) is 8.42 Å². The molecular weight excluding hydrogens is 472 g/mol. The van der Waals surface area contributed by atoms with Crippen molar-refractivity contribution in [3.05, 3.63) is 59.7 Å². The molecule has 1 aliphatic heterocycles. The zero-order valence-corrected chi connectivity index (χ0v) is 19.6. The smallest absolute Gasteiger partial charge is 0.322 e. The summed E-state index contributed by atoms with van der Waals surface area (Å²) in [6, 6.07) is 10.6. The van der Waals surface area contributed by atoms with Crippen LogP contribution in [-0.4, -0.2) is 63.4 Å². The van der Waals surface area contributed by atoms with Gasteiger partial charge in [-0.2, -0.15) is 12.7 Å². The Morgan fingerprint density at radius 3 is 2.00 bits per heavy atom. The highest BCUT2D eigenvalue weighted by molar-refractivity contribution is 7.89. The molecule has 0 spiro atoms. The molecule has 2 N–H and O–H groups in total. The van der Waals surface area contributed by atoms with Crippen LogP contribution in [0.25, 0.3) is 0 Å². The standard InChI is InChI=1S/C21H24N2O8S2/c1-14-3-7-17(8-4-14)32(27,28)23-13-16(11-19(23)21(26)22-12-20(24)25)31-33(29,30)18-9-5-15(2)6-10-18/h3-10,16,19H,11-13H2,1-2H3,(H,22,26)(H,24,25)/t16?,19-/m0/s1. The number of nitrogens with zero attached hydrogens (tertiary/aromatic N) is 1. The van der Waals surface area contributed by atoms with Crippen molar-refractivity contribution in [2.24, 2.45) is 0 Å². The number of aryl methyl sites for hydroxylation is 2. The number of amides is 1. The minimum atomic E-state index is -4.22. The molecule has 178 valence electrons. The maximum absolute atomic E-state index is 13.2. The first-order valence-corrected chi connectivity index (χ1v) is 12.8. The largest absolute Gasteiger partial charge is 0.480 e. The number of rotatable bonds is 8. The summed E-state index contributed by atoms with van der Waals surface area (Å²) in [5, 5.41) is 11.0. The lowest BCUT2D eigenvalue weighted by Crippen LogP contribution is -2.47. The number of carboxylic acids is 1. The lowest BCUT2D eigenvalue weighted by atomic mass is 10.2. The molecule has 1 aliphatic rings. The Bertz CT molecular complexity index is 1240. The first kappa shape index (κ1) is 24.8. The van der Waals surface area contributed by atoms with Crippen molar-refractivity contribution in [1.29, 1.82) is 0 Å². The van der Waals surface area contributed by atoms with E-state index in [0.29, 0.717) is 0 Å². The van der Waals surface area contributed by atoms with Gasteiger partial charge in [-0.15, -0.1) is 0 Å². The van der Waals surface area contributed by atoms with Gasteiger partial charge in [-0.1, -0.05) is 35.4 Å². The predicted molar refractivity (Wildman–Crippen MR) is 117 cm³/mol. The molecule has 1 unspecified atom stereocenters. The molecule has 1 heterocycles. The van der Waals surface area contributed by atoms with Gasteiger partial charge in [0.2, 0.25) is 15.9 Å². The van der Waals surface area contributed by atoms with Crippen LogP contribution in [0.2, 0.25) is 0 Å². The number of benzene rings is 2. The summed E-state index contributed by atoms with van der Waals surface area (Å²) in [5.74, 6) is -2.16. The van der Waals surface area contributed by atoms with Crippen LogP contribution in [0.4, 0.5) is 0 Å². The number of nitrogens with one attached hydrogen (secondary N) is 1. The molecular formula is C21H24N2O8S2. The molecule has 0 saturated carbocycles. The summed E-state index contributed by atoms with van der Waals surface area (Å²) in [6.07, 6.45) is -1.40. The zero-order chi connectivity index (χ0) is 24.4. The van der Waals surface area contributed by atoms with E-state index in [1.807, 2.05) is 0 Å². The Morgan fingerprint density at radius 2 is 1.48 bits per heavy atom. The van der Waals surface area contributed by atoms with Crippen LogP contribution in [0.3, 0.4) is 0 Å². The average molecular weight is 497 g/mol. The van der Waals surface area contributed by atoms with Crippen LogP contribution in [0.5, 0.6) is 0 Å². The Balaban J connectivity index is 1.89. The molecule has 2 aromatic carbocycles. The molecule has 1 fully saturated rings. The highest BCUT2D eigenvalue weighted by Crippen LogP contribution is 2.30. The van der Waals surface area contributed by atoms with Crippen LogP contribution in [0.1, 0.15) is 17.5 Å². The van der Waals surface area contributed by atoms with E-state index in [-0.39, 0.29) is 16.2 Å². The maximum Gasteiger partial charge on any atom is 0.322 e. The molecule has 0 aromatic heterocycles. The van der Waals surface area contributed by atoms with Crippen molar-refractivity contribution in [2.45, 2.75) is 42.2 Å². The second-order valence-corrected chi connectivity index (χ2v) is 11.2. The maximum atomic E-state index is 13.2. The van der Waals surface area contributed by atoms with E-state index in [1.165, 1.54) is 24.3 Å². The van der Waals surface area contributed by atoms with Crippen LogP contribution in [0.15, 0.2) is 58.3 Å². The van der Waals surface area contributed by atoms with Gasteiger partial charge in [0.15, 0.2) is 0 Å². The monoisotopic (exact) mass is 496 g/mol. The fourth-order valence-corrected chi connectivity index (χ4v) is 6.12. The van der Waals surface area contributed by atoms with E-state index < -0.39 is 57.3 Å². The highest BCUT2D eigenvalue weighted by atomic mass is 32.2. The van der Waals surface area contributed by atoms with Gasteiger partial charge < -0.3 is 10.4 Å². The minimum Gasteiger partial charge on any atom is -0.480 e. The van der Waals surface area contributed by atoms with E-state index in [0.717, 1.165) is 15.4 Å². The second-order valence-electron chi connectivity index (χ2n) is 7.74. The summed E-state index contributed by atoms with van der Waals surface area (Å²) in [7, 11) is -8.42. The van der Waals surface area contributed by atoms with Crippen LogP contribution >= 0.6 is 0 Å². The van der Waals surface area contributed by atoms with Crippen molar-refractivity contribution in [3.63, 3.8) is 0 Å². The minimum absolute atomic E-state index is 0.0776. The number of hydrogen-bond donors (Lipinski definition) is 2. The van der Waals surface area contributed by atoms with Crippen molar-refractivity contribution < 1.29 is 35.7 Å². The number of carbonyl (C=O) groups excluding carboxylic acids is 1. The summed E-state index contributed by atoms with van der Waals surface area (Å²) in [5.41, 5.74) is 1.68. The quantitative estimate of drug-likeness (QED) is 0.515. The fraction of sp³-hybridized carbons (Fsp3) is 0.333. The Kier molecular flexibility index (Phi) is 7.22. The van der Waals surface area contributed by atoms with Gasteiger partial charge in [0.05, 0.1) is 15.9 Å². The van der Waals surface area contributed by atoms with Gasteiger partial charge in [0, 0.05) is 13.0 Å². The van der Waals surface area contributed by atoms with Gasteiger partial charge in [-0.3, -0.25) is 13.8 Å². The zero-order valence-electron chi connectivity index (χ0n) is 18.0. The van der Waals surface area contributed by atoms with Crippen molar-refractivity contribution in [3.8, 4) is 0 Å². The molecule has 2 atom stereocenters. The lowest BCUT2D eigenvalue weighted by molar-refractivity contribution is -0.138. The Hall–Kier alpha value is -2.80. The van der Waals surface area contributed by atoms with Crippen LogP contribution in [-0.2, 0) is 33.9 Å². The summed E-state index contributed by atoms with van der Waals surface area (Å²) < 4.78 is 58.0. The summed E-state index contributed by atoms with van der Waals surface area (Å²) in [6.45, 7) is 2.48. The van der Waals surface area contributed by atoms with Crippen LogP contribution in [0, 0.1) is 13.8 Å². The number of carboxylic acid groups (broad SMARTS) is 1. The van der Waals surface area contributed by atoms with E-state index in [9.17, 15) is 26.4 Å². The van der Waals surface area contributed by atoms with E-state index in [4.69, 9.17) is 9.29 Å². The van der Waals surface area contributed by atoms with Gasteiger partial charge in [-0.05, 0) is 38.1 Å². The third-order valence-electron chi connectivity index (χ3n) is 5.13. The van der Waals surface area contributed by atoms with Gasteiger partial charge >= 0.3 is 5.97 Å². The molecule has 3 rings (SSSR count). The normalized spacial score (nSPS) is 19.3. The molecule has 0 aliphatic carbocycles. The SMILES string of the molecule is Cc1ccc(S(=O)(=O)OC2C[C@@H](C(=O)NCC(=O)O)N(S(=O)(=O)c3ccc(C)cc3)C2)cc1. The number of hydrogen-bond acceptors (Lipinski definition) is 7. The third-order valence-corrected chi connectivity index (χ3v) is 8.40. The van der Waals surface area contributed by atoms with E-state index in [1.54, 1.807) is 38.1 Å². The molecule has 10 nitrogen and oxygen atoms in total. The molecule has 0 radical (unpaired) electrons. The average Bonchev–Trinajstić information content (AvgIpc) is 3.16. The molecule has 1 amide bonds. The van der Waals surface area contributed by atoms with Gasteiger partial charge in [0.1, 0.15) is 12.6 Å². The van der Waals surface area contributed by atoms with Crippen molar-refractivity contribution in [1.82, 2.24) is 9.62 Å². The fourth-order valence-electron chi connectivity index (χ4n) is 3.41. The second kappa shape index (κ2) is 9.59. The number of carbonyl (C=O) groups is 2. The van der Waals surface area contributed by atoms with Crippen molar-refractivity contribution in [2.75, 3.05) is 13.1 Å². The Labute approximate surface area is 192 Å². The predicted octanol–water partition coefficient (Wildman–Crippen LogP) is 1.04. The highest BCUT2D eigenvalue weighted by Gasteiger charge is 2.46. The van der Waals surface area contributed by atoms with E-state index >= 15 is 0 Å². The van der Waals surface area contributed by atoms with Crippen molar-refractivity contribution >= 4 is 32.0 Å². The molecule has 33 heavy (non-hydrogen) atoms. The number of aliphatic carboxylic acids is 1. The summed E-state index contributed by atoms with van der Waals surface area (Å²) in [4.78, 5) is 23.3. The first-order chi connectivity index (χ1) is 15.4. The Morgan fingerprint density at radius 1 is 0.970 bits per heavy atom. The van der Waals surface area contributed by atoms with E-state index in [2.05, 4.69) is 5.32 Å². The van der Waals surface area contributed by atoms with Crippen LogP contribution < -0.4 is 5.32 Å². The molecule has 1 saturated heterocycles. The molecule has 12 heteroatoms. The summed E-state index contributed by atoms with van der Waals surface area (Å²) >= 11 is 0. The first-order valence-electron chi connectivity index (χ1n) is 9.98. The molecule has 0 bridgehead atoms. The molecule has 2 aromatic rings. The third kappa shape index (κ3) is 5.77. The van der Waals surface area contributed by atoms with Gasteiger partial charge in [0.25, 0.3) is 10.1 Å².